The Balaban J connectivity index is 0.00000338. The number of methoxy groups -OCH3 is 1. The van der Waals surface area contributed by atoms with Gasteiger partial charge in [-0.25, -0.2) is 13.2 Å². The number of carbonyl (C=O) groups excluding carboxylic acids is 1. The molecule has 9 heteroatoms. The first-order chi connectivity index (χ1) is 11.9. The molecule has 1 aliphatic rings. The second-order valence-electron chi connectivity index (χ2n) is 6.09. The van der Waals surface area contributed by atoms with E-state index in [4.69, 9.17) is 10.5 Å². The number of benzene rings is 1. The van der Waals surface area contributed by atoms with Gasteiger partial charge in [-0.15, -0.1) is 12.4 Å². The maximum atomic E-state index is 13.0. The Labute approximate surface area is 161 Å². The summed E-state index contributed by atoms with van der Waals surface area (Å²) in [4.78, 5) is 11.8. The van der Waals surface area contributed by atoms with E-state index in [-0.39, 0.29) is 29.0 Å². The van der Waals surface area contributed by atoms with Gasteiger partial charge < -0.3 is 15.2 Å². The minimum absolute atomic E-state index is 0. The first kappa shape index (κ1) is 22.9. The van der Waals surface area contributed by atoms with Crippen molar-refractivity contribution in [3.05, 3.63) is 29.3 Å². The monoisotopic (exact) mass is 406 g/mol. The van der Waals surface area contributed by atoms with Crippen molar-refractivity contribution in [1.29, 1.82) is 0 Å². The van der Waals surface area contributed by atoms with Crippen LogP contribution in [0, 0.1) is 6.92 Å². The van der Waals surface area contributed by atoms with E-state index in [1.807, 2.05) is 0 Å². The fraction of sp³-hybridized carbons (Fsp3) is 0.588. The van der Waals surface area contributed by atoms with Crippen molar-refractivity contribution in [1.82, 2.24) is 4.31 Å². The fourth-order valence-electron chi connectivity index (χ4n) is 2.83. The maximum Gasteiger partial charge on any atom is 0.337 e. The molecule has 1 aromatic carbocycles. The number of sulfonamides is 1. The predicted octanol–water partition coefficient (Wildman–Crippen LogP) is 1.72. The standard InChI is InChI=1S/C17H26N2O5S.ClH/c1-13-4-5-14(17(20)23-2)12-16(13)25(21,22)19-9-6-15(7-10-19)24-11-3-8-18;/h4-5,12,15H,3,6-11,18H2,1-2H3;1H. The number of halogens is 1. The summed E-state index contributed by atoms with van der Waals surface area (Å²) in [7, 11) is -2.39. The molecule has 0 aromatic heterocycles. The zero-order valence-electron chi connectivity index (χ0n) is 15.1. The van der Waals surface area contributed by atoms with Crippen molar-refractivity contribution in [2.24, 2.45) is 5.73 Å². The third-order valence-corrected chi connectivity index (χ3v) is 6.37. The summed E-state index contributed by atoms with van der Waals surface area (Å²) >= 11 is 0. The molecular weight excluding hydrogens is 380 g/mol. The molecule has 1 aromatic rings. The van der Waals surface area contributed by atoms with Gasteiger partial charge >= 0.3 is 5.97 Å². The summed E-state index contributed by atoms with van der Waals surface area (Å²) in [6, 6.07) is 4.58. The van der Waals surface area contributed by atoms with E-state index in [0.29, 0.717) is 44.6 Å². The molecule has 26 heavy (non-hydrogen) atoms. The Morgan fingerprint density at radius 2 is 1.96 bits per heavy atom. The van der Waals surface area contributed by atoms with Crippen molar-refractivity contribution >= 4 is 28.4 Å². The molecule has 1 fully saturated rings. The molecule has 148 valence electrons. The number of nitrogens with two attached hydrogens (primary N) is 1. The zero-order valence-corrected chi connectivity index (χ0v) is 16.8. The number of ether oxygens (including phenoxy) is 2. The quantitative estimate of drug-likeness (QED) is 0.546. The lowest BCUT2D eigenvalue weighted by Crippen LogP contribution is -2.41. The van der Waals surface area contributed by atoms with Crippen LogP contribution in [0.3, 0.4) is 0 Å². The van der Waals surface area contributed by atoms with Crippen molar-refractivity contribution in [2.75, 3.05) is 33.4 Å². The molecule has 0 amide bonds. The van der Waals surface area contributed by atoms with Crippen molar-refractivity contribution in [2.45, 2.75) is 37.2 Å². The third-order valence-electron chi connectivity index (χ3n) is 4.33. The summed E-state index contributed by atoms with van der Waals surface area (Å²) in [5.41, 5.74) is 6.28. The number of hydrogen-bond acceptors (Lipinski definition) is 6. The van der Waals surface area contributed by atoms with Crippen molar-refractivity contribution < 1.29 is 22.7 Å². The smallest absolute Gasteiger partial charge is 0.337 e. The average molecular weight is 407 g/mol. The minimum atomic E-state index is -3.66. The molecule has 0 spiro atoms. The van der Waals surface area contributed by atoms with Gasteiger partial charge in [0.15, 0.2) is 0 Å². The van der Waals surface area contributed by atoms with Crippen LogP contribution in [0.1, 0.15) is 35.2 Å². The molecular formula is C17H27ClN2O5S. The van der Waals surface area contributed by atoms with E-state index in [0.717, 1.165) is 6.42 Å². The molecule has 2 rings (SSSR count). The van der Waals surface area contributed by atoms with Crippen molar-refractivity contribution in [3.8, 4) is 0 Å². The van der Waals surface area contributed by atoms with E-state index in [1.54, 1.807) is 19.1 Å². The lowest BCUT2D eigenvalue weighted by Gasteiger charge is -2.31. The van der Waals surface area contributed by atoms with Gasteiger partial charge in [0.25, 0.3) is 0 Å². The summed E-state index contributed by atoms with van der Waals surface area (Å²) < 4.78 is 37.8. The first-order valence-corrected chi connectivity index (χ1v) is 9.85. The minimum Gasteiger partial charge on any atom is -0.465 e. The predicted molar refractivity (Wildman–Crippen MR) is 101 cm³/mol. The van der Waals surface area contributed by atoms with Gasteiger partial charge in [-0.1, -0.05) is 6.07 Å². The number of hydrogen-bond donors (Lipinski definition) is 1. The lowest BCUT2D eigenvalue weighted by molar-refractivity contribution is 0.0209. The highest BCUT2D eigenvalue weighted by Gasteiger charge is 2.31. The second kappa shape index (κ2) is 10.2. The van der Waals surface area contributed by atoms with Gasteiger partial charge in [0.05, 0.1) is 23.7 Å². The van der Waals surface area contributed by atoms with Crippen LogP contribution < -0.4 is 5.73 Å². The zero-order chi connectivity index (χ0) is 18.4. The van der Waals surface area contributed by atoms with E-state index >= 15 is 0 Å². The maximum absolute atomic E-state index is 13.0. The third kappa shape index (κ3) is 5.40. The van der Waals surface area contributed by atoms with Gasteiger partial charge in [-0.2, -0.15) is 4.31 Å². The Hall–Kier alpha value is -1.19. The molecule has 0 bridgehead atoms. The SMILES string of the molecule is COC(=O)c1ccc(C)c(S(=O)(=O)N2CCC(OCCCN)CC2)c1.Cl. The van der Waals surface area contributed by atoms with E-state index in [9.17, 15) is 13.2 Å². The van der Waals surface area contributed by atoms with Crippen LogP contribution >= 0.6 is 12.4 Å². The molecule has 0 atom stereocenters. The van der Waals surface area contributed by atoms with Crippen molar-refractivity contribution in [3.63, 3.8) is 0 Å². The Kier molecular flexibility index (Phi) is 8.99. The second-order valence-corrected chi connectivity index (χ2v) is 7.99. The Morgan fingerprint density at radius 1 is 1.31 bits per heavy atom. The van der Waals surface area contributed by atoms with Crippen LogP contribution in [0.5, 0.6) is 0 Å². The number of carbonyl (C=O) groups is 1. The largest absolute Gasteiger partial charge is 0.465 e. The van der Waals surface area contributed by atoms with Gasteiger partial charge in [-0.05, 0) is 50.4 Å². The summed E-state index contributed by atoms with van der Waals surface area (Å²) in [5, 5.41) is 0. The Bertz CT molecular complexity index is 703. The molecule has 0 aliphatic carbocycles. The van der Waals surface area contributed by atoms with E-state index in [2.05, 4.69) is 4.74 Å². The molecule has 2 N–H and O–H groups in total. The molecule has 1 saturated heterocycles. The Morgan fingerprint density at radius 3 is 2.54 bits per heavy atom. The van der Waals surface area contributed by atoms with Crippen LogP contribution in [0.25, 0.3) is 0 Å². The molecule has 0 unspecified atom stereocenters. The highest BCUT2D eigenvalue weighted by molar-refractivity contribution is 7.89. The molecule has 1 heterocycles. The van der Waals surface area contributed by atoms with Crippen LogP contribution in [0.4, 0.5) is 0 Å². The average Bonchev–Trinajstić information content (AvgIpc) is 2.62. The van der Waals surface area contributed by atoms with E-state index < -0.39 is 16.0 Å². The lowest BCUT2D eigenvalue weighted by atomic mass is 10.1. The van der Waals surface area contributed by atoms with Crippen LogP contribution in [-0.2, 0) is 19.5 Å². The highest BCUT2D eigenvalue weighted by Crippen LogP contribution is 2.25. The topological polar surface area (TPSA) is 98.9 Å². The highest BCUT2D eigenvalue weighted by atomic mass is 35.5. The molecule has 0 radical (unpaired) electrons. The van der Waals surface area contributed by atoms with Crippen LogP contribution in [0.2, 0.25) is 0 Å². The van der Waals surface area contributed by atoms with Gasteiger partial charge in [0.1, 0.15) is 0 Å². The summed E-state index contributed by atoms with van der Waals surface area (Å²) in [6.45, 7) is 3.71. The first-order valence-electron chi connectivity index (χ1n) is 8.41. The molecule has 0 saturated carbocycles. The fourth-order valence-corrected chi connectivity index (χ4v) is 4.55. The van der Waals surface area contributed by atoms with Crippen LogP contribution in [0.15, 0.2) is 23.1 Å². The molecule has 1 aliphatic heterocycles. The van der Waals surface area contributed by atoms with Crippen LogP contribution in [-0.4, -0.2) is 58.1 Å². The van der Waals surface area contributed by atoms with Gasteiger partial charge in [0.2, 0.25) is 10.0 Å². The summed E-state index contributed by atoms with van der Waals surface area (Å²) in [6.07, 6.45) is 2.18. The number of esters is 1. The number of rotatable bonds is 7. The van der Waals surface area contributed by atoms with Gasteiger partial charge in [-0.3, -0.25) is 0 Å². The number of piperidine rings is 1. The number of nitrogens with zero attached hydrogens (tertiary/aromatic N) is 1. The van der Waals surface area contributed by atoms with E-state index in [1.165, 1.54) is 17.5 Å². The van der Waals surface area contributed by atoms with Gasteiger partial charge in [0, 0.05) is 19.7 Å². The normalized spacial score (nSPS) is 16.1. The molecule has 7 nitrogen and oxygen atoms in total. The summed E-state index contributed by atoms with van der Waals surface area (Å²) in [5.74, 6) is -0.552. The number of aryl methyl sites for hydroxylation is 1.